The summed E-state index contributed by atoms with van der Waals surface area (Å²) in [6, 6.07) is 3.48. The Labute approximate surface area is 166 Å². The Kier molecular flexibility index (Phi) is 6.44. The maximum Gasteiger partial charge on any atom is 0.232 e. The van der Waals surface area contributed by atoms with Crippen LogP contribution in [-0.4, -0.2) is 40.1 Å². The van der Waals surface area contributed by atoms with Crippen molar-refractivity contribution in [2.24, 2.45) is 0 Å². The molecule has 2 rings (SSSR count). The topological polar surface area (TPSA) is 92.6 Å². The van der Waals surface area contributed by atoms with Gasteiger partial charge in [0.2, 0.25) is 13.8 Å². The summed E-state index contributed by atoms with van der Waals surface area (Å²) in [6.07, 6.45) is 5.39. The molecule has 2 aromatic rings. The predicted octanol–water partition coefficient (Wildman–Crippen LogP) is 3.46. The number of phenols is 1. The van der Waals surface area contributed by atoms with E-state index in [0.717, 1.165) is 10.6 Å². The number of sulfonamides is 1. The first-order valence-electron chi connectivity index (χ1n) is 7.26. The van der Waals surface area contributed by atoms with Crippen molar-refractivity contribution in [3.63, 3.8) is 0 Å². The van der Waals surface area contributed by atoms with E-state index in [-0.39, 0.29) is 23.8 Å². The van der Waals surface area contributed by atoms with E-state index in [1.807, 2.05) is 0 Å². The van der Waals surface area contributed by atoms with E-state index < -0.39 is 19.9 Å². The van der Waals surface area contributed by atoms with Crippen LogP contribution in [0, 0.1) is 0 Å². The average Bonchev–Trinajstić information content (AvgIpc) is 2.54. The van der Waals surface area contributed by atoms with E-state index in [4.69, 9.17) is 39.5 Å². The van der Waals surface area contributed by atoms with Crippen LogP contribution in [0.2, 0.25) is 0 Å². The van der Waals surface area contributed by atoms with Gasteiger partial charge >= 0.3 is 0 Å². The maximum atomic E-state index is 12.3. The highest BCUT2D eigenvalue weighted by Gasteiger charge is 2.28. The van der Waals surface area contributed by atoms with Crippen molar-refractivity contribution < 1.29 is 18.3 Å². The fourth-order valence-corrected chi connectivity index (χ4v) is 3.65. The molecule has 26 heavy (non-hydrogen) atoms. The predicted molar refractivity (Wildman–Crippen MR) is 102 cm³/mol. The van der Waals surface area contributed by atoms with Gasteiger partial charge in [-0.1, -0.05) is 34.8 Å². The second-order valence-corrected chi connectivity index (χ2v) is 9.84. The Hall–Kier alpha value is -1.48. The summed E-state index contributed by atoms with van der Waals surface area (Å²) in [6.45, 7) is 1.43. The lowest BCUT2D eigenvalue weighted by atomic mass is 10.1. The number of aromatic nitrogens is 2. The monoisotopic (exact) mass is 439 g/mol. The number of hydrogen-bond donors (Lipinski definition) is 1. The van der Waals surface area contributed by atoms with Gasteiger partial charge < -0.3 is 9.84 Å². The molecule has 0 saturated carbocycles. The number of hydrogen-bond acceptors (Lipinski definition) is 6. The SMILES string of the molecule is CC(c1cncnc1)N(c1ccc(OCC(Cl)(Cl)Cl)cc1O)S(C)(=O)=O. The van der Waals surface area contributed by atoms with Crippen LogP contribution in [0.1, 0.15) is 18.5 Å². The zero-order valence-electron chi connectivity index (χ0n) is 13.8. The Morgan fingerprint density at radius 2 is 1.88 bits per heavy atom. The molecule has 1 aromatic heterocycles. The second kappa shape index (κ2) is 8.04. The maximum absolute atomic E-state index is 12.3. The number of halogens is 3. The lowest BCUT2D eigenvalue weighted by Crippen LogP contribution is -2.32. The van der Waals surface area contributed by atoms with Crippen molar-refractivity contribution in [1.29, 1.82) is 0 Å². The van der Waals surface area contributed by atoms with Gasteiger partial charge in [0.05, 0.1) is 18.0 Å². The summed E-state index contributed by atoms with van der Waals surface area (Å²) in [4.78, 5) is 7.79. The molecule has 142 valence electrons. The van der Waals surface area contributed by atoms with Crippen molar-refractivity contribution in [2.45, 2.75) is 16.8 Å². The third kappa shape index (κ3) is 5.51. The fourth-order valence-electron chi connectivity index (χ4n) is 2.28. The molecule has 1 atom stereocenters. The number of phenolic OH excluding ortho intramolecular Hbond substituents is 1. The molecule has 0 bridgehead atoms. The van der Waals surface area contributed by atoms with E-state index in [2.05, 4.69) is 9.97 Å². The molecule has 0 amide bonds. The smallest absolute Gasteiger partial charge is 0.232 e. The number of ether oxygens (including phenoxy) is 1. The third-order valence-electron chi connectivity index (χ3n) is 3.36. The van der Waals surface area contributed by atoms with Crippen molar-refractivity contribution >= 4 is 50.5 Å². The average molecular weight is 441 g/mol. The van der Waals surface area contributed by atoms with Crippen molar-refractivity contribution in [3.05, 3.63) is 42.5 Å². The van der Waals surface area contributed by atoms with E-state index in [9.17, 15) is 13.5 Å². The van der Waals surface area contributed by atoms with Gasteiger partial charge in [0, 0.05) is 24.0 Å². The number of aromatic hydroxyl groups is 1. The Morgan fingerprint density at radius 1 is 1.27 bits per heavy atom. The van der Waals surface area contributed by atoms with E-state index in [1.54, 1.807) is 6.92 Å². The quantitative estimate of drug-likeness (QED) is 0.692. The van der Waals surface area contributed by atoms with Gasteiger partial charge in [-0.15, -0.1) is 0 Å². The Balaban J connectivity index is 2.38. The molecule has 1 unspecified atom stereocenters. The number of benzene rings is 1. The van der Waals surface area contributed by atoms with Gasteiger partial charge in [-0.05, 0) is 19.1 Å². The molecule has 1 heterocycles. The summed E-state index contributed by atoms with van der Waals surface area (Å²) in [5.41, 5.74) is 0.638. The summed E-state index contributed by atoms with van der Waals surface area (Å²) in [7, 11) is -3.72. The molecule has 0 spiro atoms. The van der Waals surface area contributed by atoms with Crippen LogP contribution < -0.4 is 9.04 Å². The molecule has 1 N–H and O–H groups in total. The van der Waals surface area contributed by atoms with Crippen LogP contribution in [0.5, 0.6) is 11.5 Å². The van der Waals surface area contributed by atoms with Gasteiger partial charge in [0.1, 0.15) is 24.4 Å². The van der Waals surface area contributed by atoms with Crippen LogP contribution in [-0.2, 0) is 10.0 Å². The van der Waals surface area contributed by atoms with Crippen molar-refractivity contribution in [3.8, 4) is 11.5 Å². The first kappa shape index (κ1) is 20.8. The van der Waals surface area contributed by atoms with Gasteiger partial charge in [0.15, 0.2) is 0 Å². The molecule has 1 aromatic carbocycles. The van der Waals surface area contributed by atoms with Gasteiger partial charge in [-0.2, -0.15) is 0 Å². The molecular formula is C15H16Cl3N3O4S. The summed E-state index contributed by atoms with van der Waals surface area (Å²) in [5.74, 6) is -0.0809. The van der Waals surface area contributed by atoms with E-state index in [1.165, 1.54) is 36.9 Å². The largest absolute Gasteiger partial charge is 0.506 e. The molecule has 0 saturated heterocycles. The van der Waals surface area contributed by atoms with Crippen molar-refractivity contribution in [2.75, 3.05) is 17.2 Å². The lowest BCUT2D eigenvalue weighted by molar-refractivity contribution is 0.323. The van der Waals surface area contributed by atoms with E-state index >= 15 is 0 Å². The molecule has 0 aliphatic carbocycles. The van der Waals surface area contributed by atoms with Gasteiger partial charge in [-0.3, -0.25) is 4.31 Å². The molecule has 0 radical (unpaired) electrons. The first-order valence-corrected chi connectivity index (χ1v) is 10.2. The highest BCUT2D eigenvalue weighted by atomic mass is 35.6. The number of rotatable bonds is 6. The van der Waals surface area contributed by atoms with Crippen molar-refractivity contribution in [1.82, 2.24) is 9.97 Å². The third-order valence-corrected chi connectivity index (χ3v) is 4.91. The molecule has 0 aliphatic heterocycles. The number of anilines is 1. The first-order chi connectivity index (χ1) is 12.0. The zero-order chi connectivity index (χ0) is 19.5. The van der Waals surface area contributed by atoms with Crippen LogP contribution in [0.3, 0.4) is 0 Å². The Bertz CT molecular complexity index is 860. The highest BCUT2D eigenvalue weighted by molar-refractivity contribution is 7.92. The standard InChI is InChI=1S/C15H16Cl3N3O4S/c1-10(11-6-19-9-20-7-11)21(26(2,23)24)13-4-3-12(5-14(13)22)25-8-15(16,17)18/h3-7,9-10,22H,8H2,1-2H3. The summed E-state index contributed by atoms with van der Waals surface area (Å²) in [5, 5.41) is 10.3. The zero-order valence-corrected chi connectivity index (χ0v) is 16.9. The molecular weight excluding hydrogens is 425 g/mol. The van der Waals surface area contributed by atoms with Gasteiger partial charge in [-0.25, -0.2) is 18.4 Å². The van der Waals surface area contributed by atoms with Crippen LogP contribution in [0.4, 0.5) is 5.69 Å². The molecule has 0 aliphatic rings. The molecule has 7 nitrogen and oxygen atoms in total. The minimum atomic E-state index is -3.72. The van der Waals surface area contributed by atoms with Crippen LogP contribution in [0.15, 0.2) is 36.9 Å². The minimum Gasteiger partial charge on any atom is -0.506 e. The second-order valence-electron chi connectivity index (χ2n) is 5.46. The molecule has 11 heteroatoms. The lowest BCUT2D eigenvalue weighted by Gasteiger charge is -2.29. The summed E-state index contributed by atoms with van der Waals surface area (Å²) >= 11 is 16.9. The number of nitrogens with zero attached hydrogens (tertiary/aromatic N) is 3. The normalized spacial score (nSPS) is 13.3. The van der Waals surface area contributed by atoms with Crippen LogP contribution in [0.25, 0.3) is 0 Å². The fraction of sp³-hybridized carbons (Fsp3) is 0.333. The Morgan fingerprint density at radius 3 is 2.38 bits per heavy atom. The summed E-state index contributed by atoms with van der Waals surface area (Å²) < 4.78 is 29.4. The molecule has 0 fully saturated rings. The number of alkyl halides is 3. The van der Waals surface area contributed by atoms with E-state index in [0.29, 0.717) is 5.56 Å². The minimum absolute atomic E-state index is 0.0742. The van der Waals surface area contributed by atoms with Gasteiger partial charge in [0.25, 0.3) is 0 Å². The van der Waals surface area contributed by atoms with Crippen LogP contribution >= 0.6 is 34.8 Å². The highest BCUT2D eigenvalue weighted by Crippen LogP contribution is 2.38.